The fourth-order valence-electron chi connectivity index (χ4n) is 4.50. The third-order valence-electron chi connectivity index (χ3n) is 6.83. The van der Waals surface area contributed by atoms with Crippen molar-refractivity contribution < 1.29 is 9.53 Å². The molecule has 1 fully saturated rings. The first kappa shape index (κ1) is 28.1. The first-order valence-electron chi connectivity index (χ1n) is 13.7. The van der Waals surface area contributed by atoms with Crippen LogP contribution in [0.4, 0.5) is 29.0 Å². The maximum atomic E-state index is 13.2. The average molecular weight is 557 g/mol. The lowest BCUT2D eigenvalue weighted by Gasteiger charge is -2.26. The predicted octanol–water partition coefficient (Wildman–Crippen LogP) is 4.06. The molecule has 1 aliphatic heterocycles. The Hall–Kier alpha value is -4.42. The maximum Gasteiger partial charge on any atom is 0.255 e. The summed E-state index contributed by atoms with van der Waals surface area (Å²) in [5.74, 6) is 1.56. The third kappa shape index (κ3) is 7.02. The number of aryl methyl sites for hydroxylation is 1. The number of rotatable bonds is 9. The van der Waals surface area contributed by atoms with Crippen molar-refractivity contribution in [2.75, 3.05) is 54.9 Å². The Balaban J connectivity index is 1.38. The van der Waals surface area contributed by atoms with E-state index in [1.54, 1.807) is 12.3 Å². The second-order valence-electron chi connectivity index (χ2n) is 10.9. The second kappa shape index (κ2) is 12.4. The van der Waals surface area contributed by atoms with Gasteiger partial charge in [-0.1, -0.05) is 26.8 Å². The summed E-state index contributed by atoms with van der Waals surface area (Å²) in [4.78, 5) is 35.2. The van der Waals surface area contributed by atoms with Gasteiger partial charge in [0.05, 0.1) is 18.9 Å². The fourth-order valence-corrected chi connectivity index (χ4v) is 4.50. The van der Waals surface area contributed by atoms with E-state index in [4.69, 9.17) is 4.74 Å². The molecule has 1 aromatic carbocycles. The number of pyridine rings is 1. The van der Waals surface area contributed by atoms with Gasteiger partial charge in [-0.15, -0.1) is 0 Å². The van der Waals surface area contributed by atoms with E-state index in [9.17, 15) is 4.79 Å². The molecule has 12 nitrogen and oxygen atoms in total. The van der Waals surface area contributed by atoms with E-state index < -0.39 is 0 Å². The summed E-state index contributed by atoms with van der Waals surface area (Å²) >= 11 is 0. The van der Waals surface area contributed by atoms with Crippen molar-refractivity contribution in [2.45, 2.75) is 33.1 Å². The van der Waals surface area contributed by atoms with Crippen molar-refractivity contribution in [3.63, 3.8) is 0 Å². The van der Waals surface area contributed by atoms with Gasteiger partial charge in [-0.2, -0.15) is 10.1 Å². The van der Waals surface area contributed by atoms with Crippen molar-refractivity contribution in [1.82, 2.24) is 35.0 Å². The number of hydrogen-bond acceptors (Lipinski definition) is 10. The van der Waals surface area contributed by atoms with Gasteiger partial charge in [0.15, 0.2) is 0 Å². The standard InChI is InChI=1S/C29H36N10O2/c1-20-5-6-22(36-27(40)21-7-8-30-24(15-21)29(2,3)4)16-23(20)39(28-34-19-35-37-28)26-17-25(32-18-33-26)31-9-10-38-11-13-41-14-12-38/h5-8,15-19H,9-14H2,1-4H3,(H,36,40)(H,31,32,33)(H,34,35,37). The predicted molar refractivity (Wildman–Crippen MR) is 158 cm³/mol. The van der Waals surface area contributed by atoms with Crippen LogP contribution in [-0.2, 0) is 10.2 Å². The molecule has 41 heavy (non-hydrogen) atoms. The molecule has 1 aliphatic rings. The molecular weight excluding hydrogens is 520 g/mol. The molecule has 0 radical (unpaired) electrons. The number of amides is 1. The van der Waals surface area contributed by atoms with E-state index in [1.165, 1.54) is 12.7 Å². The van der Waals surface area contributed by atoms with Crippen LogP contribution in [0.1, 0.15) is 42.4 Å². The lowest BCUT2D eigenvalue weighted by Crippen LogP contribution is -2.39. The number of nitrogens with one attached hydrogen (secondary N) is 3. The Labute approximate surface area is 239 Å². The van der Waals surface area contributed by atoms with Crippen LogP contribution < -0.4 is 15.5 Å². The summed E-state index contributed by atoms with van der Waals surface area (Å²) in [6, 6.07) is 11.1. The summed E-state index contributed by atoms with van der Waals surface area (Å²) < 4.78 is 5.43. The zero-order chi connectivity index (χ0) is 28.8. The number of aromatic nitrogens is 6. The van der Waals surface area contributed by atoms with Crippen LogP contribution in [-0.4, -0.2) is 80.3 Å². The van der Waals surface area contributed by atoms with Gasteiger partial charge in [0.1, 0.15) is 24.3 Å². The molecule has 4 aromatic rings. The van der Waals surface area contributed by atoms with Crippen molar-refractivity contribution in [2.24, 2.45) is 0 Å². The summed E-state index contributed by atoms with van der Waals surface area (Å²) in [6.07, 6.45) is 4.64. The van der Waals surface area contributed by atoms with E-state index in [0.29, 0.717) is 28.8 Å². The zero-order valence-electron chi connectivity index (χ0n) is 23.9. The Morgan fingerprint density at radius 1 is 1.05 bits per heavy atom. The lowest BCUT2D eigenvalue weighted by atomic mass is 9.91. The summed E-state index contributed by atoms with van der Waals surface area (Å²) in [6.45, 7) is 13.2. The van der Waals surface area contributed by atoms with Crippen molar-refractivity contribution in [3.8, 4) is 0 Å². The summed E-state index contributed by atoms with van der Waals surface area (Å²) in [5, 5.41) is 13.4. The van der Waals surface area contributed by atoms with Gasteiger partial charge >= 0.3 is 0 Å². The average Bonchev–Trinajstić information content (AvgIpc) is 3.50. The number of benzene rings is 1. The minimum atomic E-state index is -0.215. The van der Waals surface area contributed by atoms with Crippen LogP contribution in [0.2, 0.25) is 0 Å². The third-order valence-corrected chi connectivity index (χ3v) is 6.83. The smallest absolute Gasteiger partial charge is 0.255 e. The Bertz CT molecular complexity index is 1460. The Morgan fingerprint density at radius 3 is 2.63 bits per heavy atom. The maximum absolute atomic E-state index is 13.2. The van der Waals surface area contributed by atoms with Gasteiger partial charge in [-0.05, 0) is 36.8 Å². The quantitative estimate of drug-likeness (QED) is 0.277. The molecule has 4 heterocycles. The van der Waals surface area contributed by atoms with Gasteiger partial charge in [0.25, 0.3) is 5.91 Å². The van der Waals surface area contributed by atoms with Crippen LogP contribution in [0.5, 0.6) is 0 Å². The molecule has 0 bridgehead atoms. The Kier molecular flexibility index (Phi) is 8.50. The first-order chi connectivity index (χ1) is 19.8. The first-order valence-corrected chi connectivity index (χ1v) is 13.7. The monoisotopic (exact) mass is 556 g/mol. The van der Waals surface area contributed by atoms with Gasteiger partial charge in [0, 0.05) is 60.8 Å². The lowest BCUT2D eigenvalue weighted by molar-refractivity contribution is 0.0398. The fraction of sp³-hybridized carbons (Fsp3) is 0.379. The highest BCUT2D eigenvalue weighted by molar-refractivity contribution is 6.04. The minimum Gasteiger partial charge on any atom is -0.379 e. The molecule has 214 valence electrons. The van der Waals surface area contributed by atoms with Crippen LogP contribution in [0.25, 0.3) is 0 Å². The summed E-state index contributed by atoms with van der Waals surface area (Å²) in [5.41, 5.74) is 3.60. The highest BCUT2D eigenvalue weighted by Gasteiger charge is 2.21. The number of hydrogen-bond donors (Lipinski definition) is 3. The van der Waals surface area contributed by atoms with E-state index in [-0.39, 0.29) is 11.3 Å². The molecule has 0 atom stereocenters. The van der Waals surface area contributed by atoms with E-state index in [1.807, 2.05) is 42.2 Å². The Morgan fingerprint density at radius 2 is 1.88 bits per heavy atom. The van der Waals surface area contributed by atoms with Gasteiger partial charge in [0.2, 0.25) is 5.95 Å². The molecule has 3 N–H and O–H groups in total. The number of anilines is 5. The van der Waals surface area contributed by atoms with Crippen LogP contribution in [0, 0.1) is 6.92 Å². The van der Waals surface area contributed by atoms with Crippen molar-refractivity contribution in [3.05, 3.63) is 72.1 Å². The van der Waals surface area contributed by atoms with Gasteiger partial charge in [-0.25, -0.2) is 15.1 Å². The molecule has 3 aromatic heterocycles. The van der Waals surface area contributed by atoms with Gasteiger partial charge in [-0.3, -0.25) is 19.6 Å². The normalized spacial score (nSPS) is 14.0. The number of morpholine rings is 1. The van der Waals surface area contributed by atoms with E-state index in [0.717, 1.165) is 56.3 Å². The zero-order valence-corrected chi connectivity index (χ0v) is 23.9. The largest absolute Gasteiger partial charge is 0.379 e. The number of carbonyl (C=O) groups is 1. The molecule has 0 spiro atoms. The molecule has 5 rings (SSSR count). The van der Waals surface area contributed by atoms with Crippen LogP contribution >= 0.6 is 0 Å². The highest BCUT2D eigenvalue weighted by atomic mass is 16.5. The van der Waals surface area contributed by atoms with E-state index >= 15 is 0 Å². The molecule has 0 aliphatic carbocycles. The number of H-pyrrole nitrogens is 1. The van der Waals surface area contributed by atoms with Crippen molar-refractivity contribution in [1.29, 1.82) is 0 Å². The van der Waals surface area contributed by atoms with Gasteiger partial charge < -0.3 is 15.4 Å². The topological polar surface area (TPSA) is 137 Å². The molecule has 0 unspecified atom stereocenters. The highest BCUT2D eigenvalue weighted by Crippen LogP contribution is 2.35. The SMILES string of the molecule is Cc1ccc(NC(=O)c2ccnc(C(C)(C)C)c2)cc1N(c1cc(NCCN2CCOCC2)ncn1)c1ncn[nH]1. The minimum absolute atomic E-state index is 0.168. The molecule has 1 saturated heterocycles. The summed E-state index contributed by atoms with van der Waals surface area (Å²) in [7, 11) is 0. The van der Waals surface area contributed by atoms with E-state index in [2.05, 4.69) is 66.4 Å². The number of carbonyl (C=O) groups excluding carboxylic acids is 1. The number of ether oxygens (including phenoxy) is 1. The molecule has 1 amide bonds. The van der Waals surface area contributed by atoms with Crippen LogP contribution in [0.3, 0.4) is 0 Å². The number of aromatic amines is 1. The molecular formula is C29H36N10O2. The number of nitrogens with zero attached hydrogens (tertiary/aromatic N) is 7. The molecule has 12 heteroatoms. The van der Waals surface area contributed by atoms with Crippen molar-refractivity contribution >= 4 is 34.9 Å². The second-order valence-corrected chi connectivity index (χ2v) is 10.9. The van der Waals surface area contributed by atoms with Crippen LogP contribution in [0.15, 0.2) is 55.2 Å². The molecule has 0 saturated carbocycles.